The van der Waals surface area contributed by atoms with Crippen LogP contribution in [0, 0.1) is 0 Å². The molecule has 3 nitrogen and oxygen atoms in total. The highest BCUT2D eigenvalue weighted by Gasteiger charge is 1.78. The summed E-state index contributed by atoms with van der Waals surface area (Å²) in [6.45, 7) is 0. The van der Waals surface area contributed by atoms with Gasteiger partial charge in [-0.3, -0.25) is 0 Å². The fraction of sp³-hybridized carbons (Fsp3) is 0. The van der Waals surface area contributed by atoms with Gasteiger partial charge in [-0.2, -0.15) is 0 Å². The zero-order valence-corrected chi connectivity index (χ0v) is 4.11. The van der Waals surface area contributed by atoms with Crippen molar-refractivity contribution in [1.82, 2.24) is 0 Å². The Bertz CT molecular complexity index is 124. The van der Waals surface area contributed by atoms with E-state index in [2.05, 4.69) is 0 Å². The molecular weight excluding hydrogens is 108 g/mol. The summed E-state index contributed by atoms with van der Waals surface area (Å²) < 4.78 is 0. The summed E-state index contributed by atoms with van der Waals surface area (Å²) in [6.07, 6.45) is 4.13. The van der Waals surface area contributed by atoms with Gasteiger partial charge in [-0.05, 0) is 6.08 Å². The number of allylic oxidation sites excluding steroid dienone is 2. The molecule has 0 aromatic rings. The lowest BCUT2D eigenvalue weighted by molar-refractivity contribution is -0.131. The van der Waals surface area contributed by atoms with Crippen molar-refractivity contribution in [3.63, 3.8) is 0 Å². The molecule has 0 aromatic heterocycles. The van der Waals surface area contributed by atoms with Crippen molar-refractivity contribution in [3.8, 4) is 0 Å². The number of aliphatic carboxylic acids is 1. The molecule has 0 radical (unpaired) electrons. The number of rotatable bonds is 2. The first-order chi connectivity index (χ1) is 3.77. The molecule has 0 unspecified atom stereocenters. The second-order valence-corrected chi connectivity index (χ2v) is 1.04. The fourth-order valence-corrected chi connectivity index (χ4v) is 0.188. The smallest absolute Gasteiger partial charge is 0.328 e. The van der Waals surface area contributed by atoms with E-state index in [1.165, 1.54) is 12.2 Å². The highest BCUT2D eigenvalue weighted by Crippen LogP contribution is 1.73. The van der Waals surface area contributed by atoms with Gasteiger partial charge in [0.1, 0.15) is 0 Å². The van der Waals surface area contributed by atoms with Gasteiger partial charge in [0.05, 0.1) is 6.26 Å². The van der Waals surface area contributed by atoms with Crippen LogP contribution in [0.5, 0.6) is 0 Å². The minimum Gasteiger partial charge on any atom is -0.516 e. The highest BCUT2D eigenvalue weighted by atomic mass is 16.4. The number of hydrogen-bond donors (Lipinski definition) is 2. The molecule has 0 amide bonds. The van der Waals surface area contributed by atoms with Crippen molar-refractivity contribution in [2.75, 3.05) is 0 Å². The normalized spacial score (nSPS) is 11.0. The SMILES string of the molecule is O=C(O)/C=C/C=C/O. The zero-order chi connectivity index (χ0) is 6.41. The number of carboxylic acids is 1. The van der Waals surface area contributed by atoms with Crippen LogP contribution in [0.4, 0.5) is 0 Å². The van der Waals surface area contributed by atoms with Crippen molar-refractivity contribution in [3.05, 3.63) is 24.5 Å². The topological polar surface area (TPSA) is 57.5 Å². The largest absolute Gasteiger partial charge is 0.516 e. The Labute approximate surface area is 46.6 Å². The predicted octanol–water partition coefficient (Wildman–Crippen LogP) is 0.699. The molecule has 3 heteroatoms. The zero-order valence-electron chi connectivity index (χ0n) is 4.11. The quantitative estimate of drug-likeness (QED) is 0.315. The summed E-state index contributed by atoms with van der Waals surface area (Å²) in [4.78, 5) is 9.67. The van der Waals surface area contributed by atoms with Gasteiger partial charge in [0.15, 0.2) is 0 Å². The lowest BCUT2D eigenvalue weighted by Gasteiger charge is -1.71. The van der Waals surface area contributed by atoms with E-state index >= 15 is 0 Å². The molecule has 0 fully saturated rings. The van der Waals surface area contributed by atoms with Gasteiger partial charge in [-0.1, -0.05) is 6.08 Å². The number of carbonyl (C=O) groups is 1. The van der Waals surface area contributed by atoms with Gasteiger partial charge < -0.3 is 10.2 Å². The third kappa shape index (κ3) is 4.75. The third-order valence-electron chi connectivity index (χ3n) is 0.436. The molecule has 0 aliphatic heterocycles. The lowest BCUT2D eigenvalue weighted by atomic mass is 10.5. The van der Waals surface area contributed by atoms with Crippen LogP contribution < -0.4 is 0 Å². The second kappa shape index (κ2) is 3.92. The molecule has 0 saturated heterocycles. The first kappa shape index (κ1) is 6.75. The summed E-state index contributed by atoms with van der Waals surface area (Å²) in [6, 6.07) is 0. The molecule has 0 rings (SSSR count). The molecule has 0 bridgehead atoms. The van der Waals surface area contributed by atoms with E-state index in [1.54, 1.807) is 0 Å². The Morgan fingerprint density at radius 1 is 1.38 bits per heavy atom. The fourth-order valence-electron chi connectivity index (χ4n) is 0.188. The van der Waals surface area contributed by atoms with E-state index in [1.807, 2.05) is 0 Å². The minimum absolute atomic E-state index is 0.763. The van der Waals surface area contributed by atoms with Crippen molar-refractivity contribution >= 4 is 5.97 Å². The standard InChI is InChI=1S/C5H6O3/c6-4-2-1-3-5(7)8/h1-4,6H,(H,7,8)/b3-1+,4-2+. The summed E-state index contributed by atoms with van der Waals surface area (Å²) in [5.41, 5.74) is 0. The van der Waals surface area contributed by atoms with Gasteiger partial charge in [-0.25, -0.2) is 4.79 Å². The number of aliphatic hydroxyl groups excluding tert-OH is 1. The van der Waals surface area contributed by atoms with Crippen LogP contribution in [0.2, 0.25) is 0 Å². The average molecular weight is 114 g/mol. The van der Waals surface area contributed by atoms with E-state index in [-0.39, 0.29) is 0 Å². The first-order valence-corrected chi connectivity index (χ1v) is 1.97. The maximum Gasteiger partial charge on any atom is 0.328 e. The molecule has 0 aliphatic carbocycles. The first-order valence-electron chi connectivity index (χ1n) is 1.97. The monoisotopic (exact) mass is 114 g/mol. The van der Waals surface area contributed by atoms with Crippen LogP contribution in [0.25, 0.3) is 0 Å². The molecule has 8 heavy (non-hydrogen) atoms. The Hall–Kier alpha value is -1.25. The van der Waals surface area contributed by atoms with Crippen LogP contribution in [0.15, 0.2) is 24.5 Å². The van der Waals surface area contributed by atoms with Crippen LogP contribution in [-0.2, 0) is 4.79 Å². The number of hydrogen-bond acceptors (Lipinski definition) is 2. The average Bonchev–Trinajstić information content (AvgIpc) is 1.66. The van der Waals surface area contributed by atoms with Gasteiger partial charge >= 0.3 is 5.97 Å². The van der Waals surface area contributed by atoms with Gasteiger partial charge in [0.25, 0.3) is 0 Å². The molecule has 44 valence electrons. The Morgan fingerprint density at radius 2 is 2.00 bits per heavy atom. The van der Waals surface area contributed by atoms with Crippen LogP contribution in [-0.4, -0.2) is 16.2 Å². The molecule has 0 aromatic carbocycles. The Kier molecular flexibility index (Phi) is 3.31. The van der Waals surface area contributed by atoms with Crippen LogP contribution in [0.3, 0.4) is 0 Å². The van der Waals surface area contributed by atoms with E-state index in [0.717, 1.165) is 12.3 Å². The lowest BCUT2D eigenvalue weighted by Crippen LogP contribution is -1.84. The van der Waals surface area contributed by atoms with Crippen molar-refractivity contribution in [1.29, 1.82) is 0 Å². The second-order valence-electron chi connectivity index (χ2n) is 1.04. The molecule has 0 saturated carbocycles. The van der Waals surface area contributed by atoms with Crippen LogP contribution >= 0.6 is 0 Å². The van der Waals surface area contributed by atoms with E-state index in [0.29, 0.717) is 0 Å². The van der Waals surface area contributed by atoms with Gasteiger partial charge in [0.2, 0.25) is 0 Å². The third-order valence-corrected chi connectivity index (χ3v) is 0.436. The van der Waals surface area contributed by atoms with Crippen molar-refractivity contribution in [2.24, 2.45) is 0 Å². The molecule has 0 spiro atoms. The maximum atomic E-state index is 9.67. The molecule has 2 N–H and O–H groups in total. The molecular formula is C5H6O3. The minimum atomic E-state index is -1.02. The maximum absolute atomic E-state index is 9.67. The van der Waals surface area contributed by atoms with E-state index in [9.17, 15) is 4.79 Å². The summed E-state index contributed by atoms with van der Waals surface area (Å²) in [7, 11) is 0. The van der Waals surface area contributed by atoms with Crippen LogP contribution in [0.1, 0.15) is 0 Å². The van der Waals surface area contributed by atoms with Gasteiger partial charge in [-0.15, -0.1) is 0 Å². The molecule has 0 atom stereocenters. The number of aliphatic hydroxyl groups is 1. The van der Waals surface area contributed by atoms with E-state index in [4.69, 9.17) is 10.2 Å². The van der Waals surface area contributed by atoms with Crippen molar-refractivity contribution < 1.29 is 15.0 Å². The summed E-state index contributed by atoms with van der Waals surface area (Å²) in [5.74, 6) is -1.02. The summed E-state index contributed by atoms with van der Waals surface area (Å²) >= 11 is 0. The molecule has 0 aliphatic rings. The van der Waals surface area contributed by atoms with Crippen molar-refractivity contribution in [2.45, 2.75) is 0 Å². The number of carboxylic acid groups (broad SMARTS) is 1. The highest BCUT2D eigenvalue weighted by molar-refractivity contribution is 5.80. The van der Waals surface area contributed by atoms with Gasteiger partial charge in [0, 0.05) is 6.08 Å². The molecule has 0 heterocycles. The Morgan fingerprint density at radius 3 is 2.38 bits per heavy atom. The Balaban J connectivity index is 3.50. The van der Waals surface area contributed by atoms with E-state index < -0.39 is 5.97 Å². The predicted molar refractivity (Wildman–Crippen MR) is 28.5 cm³/mol. The summed E-state index contributed by atoms with van der Waals surface area (Å²) in [5, 5.41) is 15.9.